The molecule has 3 aliphatic carbocycles. The molecule has 128 valence electrons. The van der Waals surface area contributed by atoms with E-state index >= 15 is 0 Å². The number of hydrogen-bond donors (Lipinski definition) is 0. The van der Waals surface area contributed by atoms with Gasteiger partial charge in [-0.1, -0.05) is 12.8 Å². The van der Waals surface area contributed by atoms with Crippen molar-refractivity contribution in [2.45, 2.75) is 64.4 Å². The fourth-order valence-electron chi connectivity index (χ4n) is 5.31. The van der Waals surface area contributed by atoms with Crippen molar-refractivity contribution in [3.63, 3.8) is 0 Å². The molecule has 0 aromatic heterocycles. The van der Waals surface area contributed by atoms with Gasteiger partial charge in [0, 0.05) is 24.2 Å². The van der Waals surface area contributed by atoms with Crippen LogP contribution in [0, 0.1) is 23.2 Å². The number of rotatable bonds is 2. The molecule has 3 rings (SSSR count). The quantitative estimate of drug-likeness (QED) is 0.731. The van der Waals surface area contributed by atoms with Crippen LogP contribution in [0.4, 0.5) is 0 Å². The summed E-state index contributed by atoms with van der Waals surface area (Å²) >= 11 is 0. The number of methoxy groups -OCH3 is 1. The highest BCUT2D eigenvalue weighted by atomic mass is 16.5. The molecule has 0 aliphatic heterocycles. The van der Waals surface area contributed by atoms with Crippen LogP contribution in [0.5, 0.6) is 0 Å². The molecule has 1 unspecified atom stereocenters. The maximum absolute atomic E-state index is 13.2. The average Bonchev–Trinajstić information content (AvgIpc) is 2.71. The lowest BCUT2D eigenvalue weighted by molar-refractivity contribution is -0.152. The molecule has 5 nitrogen and oxygen atoms in total. The number of ether oxygens (including phenoxy) is 2. The molecule has 0 aromatic rings. The van der Waals surface area contributed by atoms with E-state index in [0.29, 0.717) is 18.6 Å². The molecule has 5 heteroatoms. The molecule has 0 N–H and O–H groups in total. The van der Waals surface area contributed by atoms with Gasteiger partial charge in [0.25, 0.3) is 0 Å². The third kappa shape index (κ3) is 2.79. The number of Topliss-reactive ketones (excluding diaryl/α,β-unsaturated/α-hetero) is 1. The molecular weight excluding hydrogens is 296 g/mol. The standard InChI is InChI=1S/C18H26O5/c1-11(19)23-15-6-8-18-7-4-3-5-12(16(18)20)9-13(10-14(15)18)17(21)22-2/h12-15H,3-10H2,1-2H3/t12-,13-,14-,15+,18?/m1/s1. The lowest BCUT2D eigenvalue weighted by Crippen LogP contribution is -2.39. The summed E-state index contributed by atoms with van der Waals surface area (Å²) < 4.78 is 10.5. The smallest absolute Gasteiger partial charge is 0.308 e. The zero-order valence-corrected chi connectivity index (χ0v) is 14.0. The zero-order valence-electron chi connectivity index (χ0n) is 14.0. The van der Waals surface area contributed by atoms with Gasteiger partial charge >= 0.3 is 11.9 Å². The zero-order chi connectivity index (χ0) is 16.6. The highest BCUT2D eigenvalue weighted by molar-refractivity contribution is 5.89. The second-order valence-electron chi connectivity index (χ2n) is 7.45. The molecule has 0 amide bonds. The fourth-order valence-corrected chi connectivity index (χ4v) is 5.31. The van der Waals surface area contributed by atoms with Gasteiger partial charge in [0.1, 0.15) is 11.9 Å². The Morgan fingerprint density at radius 1 is 1.13 bits per heavy atom. The summed E-state index contributed by atoms with van der Waals surface area (Å²) in [4.78, 5) is 36.9. The van der Waals surface area contributed by atoms with Gasteiger partial charge in [-0.3, -0.25) is 14.4 Å². The van der Waals surface area contributed by atoms with Crippen LogP contribution < -0.4 is 0 Å². The number of esters is 2. The van der Waals surface area contributed by atoms with Crippen molar-refractivity contribution in [3.8, 4) is 0 Å². The van der Waals surface area contributed by atoms with Crippen molar-refractivity contribution in [1.29, 1.82) is 0 Å². The van der Waals surface area contributed by atoms with Crippen molar-refractivity contribution in [1.82, 2.24) is 0 Å². The van der Waals surface area contributed by atoms with Gasteiger partial charge in [-0.05, 0) is 38.5 Å². The molecule has 2 bridgehead atoms. The van der Waals surface area contributed by atoms with Gasteiger partial charge in [-0.15, -0.1) is 0 Å². The minimum atomic E-state index is -0.385. The highest BCUT2D eigenvalue weighted by Gasteiger charge is 2.58. The first-order chi connectivity index (χ1) is 11.0. The van der Waals surface area contributed by atoms with Crippen LogP contribution in [0.1, 0.15) is 58.3 Å². The first kappa shape index (κ1) is 16.5. The molecule has 3 aliphatic rings. The second kappa shape index (κ2) is 6.25. The lowest BCUT2D eigenvalue weighted by atomic mass is 9.69. The van der Waals surface area contributed by atoms with E-state index in [1.807, 2.05) is 0 Å². The van der Waals surface area contributed by atoms with E-state index in [0.717, 1.165) is 38.5 Å². The molecule has 3 fully saturated rings. The second-order valence-corrected chi connectivity index (χ2v) is 7.45. The van der Waals surface area contributed by atoms with Crippen LogP contribution in [0.3, 0.4) is 0 Å². The monoisotopic (exact) mass is 322 g/mol. The Kier molecular flexibility index (Phi) is 4.47. The Balaban J connectivity index is 1.97. The number of ketones is 1. The molecule has 0 radical (unpaired) electrons. The third-order valence-corrected chi connectivity index (χ3v) is 6.28. The van der Waals surface area contributed by atoms with Crippen LogP contribution in [-0.4, -0.2) is 30.9 Å². The van der Waals surface area contributed by atoms with Crippen LogP contribution >= 0.6 is 0 Å². The summed E-state index contributed by atoms with van der Waals surface area (Å²) in [7, 11) is 1.40. The van der Waals surface area contributed by atoms with Gasteiger partial charge in [0.2, 0.25) is 0 Å². The normalized spacial score (nSPS) is 39.8. The SMILES string of the molecule is COC(=O)[C@@H]1C[C@H]2CCCCC3(CC[C@H](OC(C)=O)[C@H]3C1)C2=O. The highest BCUT2D eigenvalue weighted by Crippen LogP contribution is 2.57. The number of carbonyl (C=O) groups excluding carboxylic acids is 3. The first-order valence-electron chi connectivity index (χ1n) is 8.77. The third-order valence-electron chi connectivity index (χ3n) is 6.28. The maximum atomic E-state index is 13.2. The van der Waals surface area contributed by atoms with E-state index < -0.39 is 0 Å². The van der Waals surface area contributed by atoms with Gasteiger partial charge in [0.05, 0.1) is 13.0 Å². The maximum Gasteiger partial charge on any atom is 0.308 e. The minimum absolute atomic E-state index is 0.0360. The van der Waals surface area contributed by atoms with E-state index in [9.17, 15) is 14.4 Å². The van der Waals surface area contributed by atoms with Crippen LogP contribution in [0.15, 0.2) is 0 Å². The van der Waals surface area contributed by atoms with E-state index in [1.54, 1.807) is 0 Å². The van der Waals surface area contributed by atoms with Crippen molar-refractivity contribution in [2.24, 2.45) is 23.2 Å². The summed E-state index contributed by atoms with van der Waals surface area (Å²) in [6, 6.07) is 0. The lowest BCUT2D eigenvalue weighted by Gasteiger charge is -2.35. The molecule has 0 heterocycles. The van der Waals surface area contributed by atoms with E-state index in [1.165, 1.54) is 14.0 Å². The van der Waals surface area contributed by atoms with Gasteiger partial charge in [0.15, 0.2) is 0 Å². The van der Waals surface area contributed by atoms with E-state index in [-0.39, 0.29) is 41.2 Å². The summed E-state index contributed by atoms with van der Waals surface area (Å²) in [5, 5.41) is 0. The Morgan fingerprint density at radius 2 is 1.91 bits per heavy atom. The predicted molar refractivity (Wildman–Crippen MR) is 82.4 cm³/mol. The first-order valence-corrected chi connectivity index (χ1v) is 8.77. The molecule has 0 saturated heterocycles. The van der Waals surface area contributed by atoms with Crippen molar-refractivity contribution in [2.75, 3.05) is 7.11 Å². The minimum Gasteiger partial charge on any atom is -0.469 e. The summed E-state index contributed by atoms with van der Waals surface area (Å²) in [6.07, 6.45) is 6.32. The Bertz CT molecular complexity index is 514. The number of hydrogen-bond acceptors (Lipinski definition) is 5. The molecule has 1 spiro atoms. The van der Waals surface area contributed by atoms with Gasteiger partial charge in [-0.2, -0.15) is 0 Å². The summed E-state index contributed by atoms with van der Waals surface area (Å²) in [5.41, 5.74) is -0.385. The van der Waals surface area contributed by atoms with Crippen molar-refractivity contribution < 1.29 is 23.9 Å². The Hall–Kier alpha value is -1.39. The van der Waals surface area contributed by atoms with Crippen molar-refractivity contribution >= 4 is 17.7 Å². The van der Waals surface area contributed by atoms with E-state index in [2.05, 4.69) is 0 Å². The largest absolute Gasteiger partial charge is 0.469 e. The summed E-state index contributed by atoms with van der Waals surface area (Å²) in [6.45, 7) is 1.41. The molecular formula is C18H26O5. The van der Waals surface area contributed by atoms with Crippen LogP contribution in [-0.2, 0) is 23.9 Å². The fraction of sp³-hybridized carbons (Fsp3) is 0.833. The average molecular weight is 322 g/mol. The van der Waals surface area contributed by atoms with Crippen LogP contribution in [0.2, 0.25) is 0 Å². The Labute approximate surface area is 137 Å². The molecule has 5 atom stereocenters. The van der Waals surface area contributed by atoms with E-state index in [4.69, 9.17) is 9.47 Å². The number of carbonyl (C=O) groups is 3. The number of fused-ring (bicyclic) bond motifs is 1. The predicted octanol–water partition coefficient (Wildman–Crippen LogP) is 2.66. The van der Waals surface area contributed by atoms with Gasteiger partial charge < -0.3 is 9.47 Å². The van der Waals surface area contributed by atoms with Crippen molar-refractivity contribution in [3.05, 3.63) is 0 Å². The Morgan fingerprint density at radius 3 is 2.61 bits per heavy atom. The molecule has 23 heavy (non-hydrogen) atoms. The van der Waals surface area contributed by atoms with Crippen LogP contribution in [0.25, 0.3) is 0 Å². The van der Waals surface area contributed by atoms with Gasteiger partial charge in [-0.25, -0.2) is 0 Å². The summed E-state index contributed by atoms with van der Waals surface area (Å²) in [5.74, 6) is -0.541. The molecule has 0 aromatic carbocycles. The molecule has 3 saturated carbocycles. The topological polar surface area (TPSA) is 69.7 Å².